The van der Waals surface area contributed by atoms with Gasteiger partial charge in [-0.25, -0.2) is 23.4 Å². The van der Waals surface area contributed by atoms with E-state index in [0.29, 0.717) is 10.7 Å². The maximum absolute atomic E-state index is 11.6. The maximum Gasteiger partial charge on any atom is 0.175 e. The maximum atomic E-state index is 11.6. The van der Waals surface area contributed by atoms with Crippen LogP contribution >= 0.6 is 0 Å². The van der Waals surface area contributed by atoms with E-state index < -0.39 is 9.84 Å². The normalized spacial score (nSPS) is 14.8. The Labute approximate surface area is 158 Å². The van der Waals surface area contributed by atoms with E-state index in [1.807, 2.05) is 6.07 Å². The number of anilines is 2. The molecule has 3 aromatic rings. The van der Waals surface area contributed by atoms with Crippen molar-refractivity contribution in [2.75, 3.05) is 11.6 Å². The molecule has 6 nitrogen and oxygen atoms in total. The van der Waals surface area contributed by atoms with Gasteiger partial charge in [0.05, 0.1) is 22.3 Å². The molecule has 0 bridgehead atoms. The van der Waals surface area contributed by atoms with Crippen LogP contribution in [0.2, 0.25) is 0 Å². The lowest BCUT2D eigenvalue weighted by Gasteiger charge is -2.14. The number of pyridine rings is 1. The smallest absolute Gasteiger partial charge is 0.175 e. The highest BCUT2D eigenvalue weighted by molar-refractivity contribution is 7.90. The Bertz CT molecular complexity index is 1120. The number of benzene rings is 1. The summed E-state index contributed by atoms with van der Waals surface area (Å²) in [6.07, 6.45) is 11.3. The van der Waals surface area contributed by atoms with E-state index in [9.17, 15) is 8.42 Å². The van der Waals surface area contributed by atoms with E-state index in [1.54, 1.807) is 36.8 Å². The van der Waals surface area contributed by atoms with E-state index in [0.717, 1.165) is 35.1 Å². The SMILES string of the molecule is CS(=O)(=O)c1ccc(Nc2cc3c(C4=CCCCC4)ncnc3cn2)cc1. The standard InChI is InChI=1S/C20H20N4O2S/c1-27(25,26)16-9-7-15(8-10-16)24-19-11-17-18(12-21-19)22-13-23-20(17)14-5-3-2-4-6-14/h5,7-13H,2-4,6H2,1H3,(H,21,24). The van der Waals surface area contributed by atoms with Gasteiger partial charge in [0.25, 0.3) is 0 Å². The number of hydrogen-bond acceptors (Lipinski definition) is 6. The highest BCUT2D eigenvalue weighted by Crippen LogP contribution is 2.30. The summed E-state index contributed by atoms with van der Waals surface area (Å²) in [5, 5.41) is 4.19. The molecule has 2 aromatic heterocycles. The highest BCUT2D eigenvalue weighted by atomic mass is 32.2. The van der Waals surface area contributed by atoms with Crippen LogP contribution in [0, 0.1) is 0 Å². The summed E-state index contributed by atoms with van der Waals surface area (Å²) in [6, 6.07) is 8.58. The van der Waals surface area contributed by atoms with Gasteiger partial charge in [-0.2, -0.15) is 0 Å². The lowest BCUT2D eigenvalue weighted by atomic mass is 9.95. The van der Waals surface area contributed by atoms with Gasteiger partial charge in [0.2, 0.25) is 0 Å². The quantitative estimate of drug-likeness (QED) is 0.732. The number of nitrogens with one attached hydrogen (secondary N) is 1. The second kappa shape index (κ2) is 7.08. The van der Waals surface area contributed by atoms with Crippen LogP contribution in [0.5, 0.6) is 0 Å². The Kier molecular flexibility index (Phi) is 4.61. The monoisotopic (exact) mass is 380 g/mol. The Morgan fingerprint density at radius 3 is 2.56 bits per heavy atom. The number of nitrogens with zero attached hydrogens (tertiary/aromatic N) is 3. The second-order valence-electron chi connectivity index (χ2n) is 6.71. The van der Waals surface area contributed by atoms with Crippen molar-refractivity contribution in [3.8, 4) is 0 Å². The number of sulfone groups is 1. The topological polar surface area (TPSA) is 84.8 Å². The minimum atomic E-state index is -3.21. The van der Waals surface area contributed by atoms with Gasteiger partial charge >= 0.3 is 0 Å². The predicted octanol–water partition coefficient (Wildman–Crippen LogP) is 4.13. The van der Waals surface area contributed by atoms with Crippen molar-refractivity contribution in [2.24, 2.45) is 0 Å². The van der Waals surface area contributed by atoms with E-state index in [-0.39, 0.29) is 0 Å². The molecule has 27 heavy (non-hydrogen) atoms. The second-order valence-corrected chi connectivity index (χ2v) is 8.72. The van der Waals surface area contributed by atoms with Crippen LogP contribution in [0.1, 0.15) is 31.4 Å². The van der Waals surface area contributed by atoms with Gasteiger partial charge in [-0.3, -0.25) is 0 Å². The molecule has 1 aliphatic rings. The molecule has 1 aliphatic carbocycles. The van der Waals surface area contributed by atoms with Gasteiger partial charge < -0.3 is 5.32 Å². The zero-order valence-electron chi connectivity index (χ0n) is 15.0. The molecular weight excluding hydrogens is 360 g/mol. The van der Waals surface area contributed by atoms with Crippen LogP contribution in [-0.2, 0) is 9.84 Å². The number of allylic oxidation sites excluding steroid dienone is 2. The molecule has 0 saturated carbocycles. The molecule has 0 saturated heterocycles. The van der Waals surface area contributed by atoms with Crippen LogP contribution in [0.25, 0.3) is 16.5 Å². The van der Waals surface area contributed by atoms with Crippen molar-refractivity contribution in [1.29, 1.82) is 0 Å². The Morgan fingerprint density at radius 2 is 1.85 bits per heavy atom. The highest BCUT2D eigenvalue weighted by Gasteiger charge is 2.13. The van der Waals surface area contributed by atoms with Crippen molar-refractivity contribution < 1.29 is 8.42 Å². The van der Waals surface area contributed by atoms with Crippen LogP contribution in [0.3, 0.4) is 0 Å². The van der Waals surface area contributed by atoms with Crippen molar-refractivity contribution in [2.45, 2.75) is 30.6 Å². The minimum absolute atomic E-state index is 0.291. The van der Waals surface area contributed by atoms with E-state index in [2.05, 4.69) is 26.3 Å². The van der Waals surface area contributed by atoms with E-state index in [1.165, 1.54) is 24.7 Å². The third-order valence-electron chi connectivity index (χ3n) is 4.67. The molecule has 0 atom stereocenters. The fourth-order valence-corrected chi connectivity index (χ4v) is 3.90. The van der Waals surface area contributed by atoms with Gasteiger partial charge in [-0.1, -0.05) is 6.08 Å². The molecule has 4 rings (SSSR count). The van der Waals surface area contributed by atoms with Crippen LogP contribution in [-0.4, -0.2) is 29.6 Å². The van der Waals surface area contributed by atoms with Gasteiger partial charge in [0.1, 0.15) is 12.1 Å². The zero-order chi connectivity index (χ0) is 18.9. The average Bonchev–Trinajstić information content (AvgIpc) is 2.68. The molecule has 0 unspecified atom stereocenters. The Balaban J connectivity index is 1.68. The number of rotatable bonds is 4. The molecule has 0 aliphatic heterocycles. The summed E-state index contributed by atoms with van der Waals surface area (Å²) < 4.78 is 23.2. The third-order valence-corrected chi connectivity index (χ3v) is 5.80. The Morgan fingerprint density at radius 1 is 1.04 bits per heavy atom. The first-order chi connectivity index (χ1) is 13.0. The van der Waals surface area contributed by atoms with Gasteiger partial charge in [-0.15, -0.1) is 0 Å². The number of fused-ring (bicyclic) bond motifs is 1. The molecule has 2 heterocycles. The summed E-state index contributed by atoms with van der Waals surface area (Å²) >= 11 is 0. The van der Waals surface area contributed by atoms with Gasteiger partial charge in [0.15, 0.2) is 9.84 Å². The first-order valence-corrected chi connectivity index (χ1v) is 10.8. The number of hydrogen-bond donors (Lipinski definition) is 1. The van der Waals surface area contributed by atoms with E-state index in [4.69, 9.17) is 0 Å². The van der Waals surface area contributed by atoms with Gasteiger partial charge in [0, 0.05) is 17.3 Å². The van der Waals surface area contributed by atoms with Crippen LogP contribution < -0.4 is 5.32 Å². The summed E-state index contributed by atoms with van der Waals surface area (Å²) in [6.45, 7) is 0. The zero-order valence-corrected chi connectivity index (χ0v) is 15.8. The summed E-state index contributed by atoms with van der Waals surface area (Å²) in [5.74, 6) is 0.669. The minimum Gasteiger partial charge on any atom is -0.340 e. The molecule has 0 amide bonds. The first kappa shape index (κ1) is 17.6. The molecule has 138 valence electrons. The van der Waals surface area contributed by atoms with Crippen molar-refractivity contribution >= 4 is 37.8 Å². The number of aromatic nitrogens is 3. The van der Waals surface area contributed by atoms with Gasteiger partial charge in [-0.05, 0) is 61.6 Å². The van der Waals surface area contributed by atoms with Crippen molar-refractivity contribution in [1.82, 2.24) is 15.0 Å². The molecule has 7 heteroatoms. The Hall–Kier alpha value is -2.80. The molecule has 0 fully saturated rings. The van der Waals surface area contributed by atoms with Crippen LogP contribution in [0.15, 0.2) is 53.8 Å². The lowest BCUT2D eigenvalue weighted by Crippen LogP contribution is -2.00. The predicted molar refractivity (Wildman–Crippen MR) is 107 cm³/mol. The summed E-state index contributed by atoms with van der Waals surface area (Å²) in [4.78, 5) is 13.6. The lowest BCUT2D eigenvalue weighted by molar-refractivity contribution is 0.602. The van der Waals surface area contributed by atoms with E-state index >= 15 is 0 Å². The van der Waals surface area contributed by atoms with Crippen molar-refractivity contribution in [3.63, 3.8) is 0 Å². The fourth-order valence-electron chi connectivity index (χ4n) is 3.27. The first-order valence-electron chi connectivity index (χ1n) is 8.88. The van der Waals surface area contributed by atoms with Crippen molar-refractivity contribution in [3.05, 3.63) is 54.6 Å². The summed E-state index contributed by atoms with van der Waals surface area (Å²) in [5.41, 5.74) is 3.81. The molecule has 0 radical (unpaired) electrons. The van der Waals surface area contributed by atoms with Crippen LogP contribution in [0.4, 0.5) is 11.5 Å². The largest absolute Gasteiger partial charge is 0.340 e. The molecule has 0 spiro atoms. The third kappa shape index (κ3) is 3.83. The summed E-state index contributed by atoms with van der Waals surface area (Å²) in [7, 11) is -3.21. The molecule has 1 N–H and O–H groups in total. The molecular formula is C20H20N4O2S. The average molecular weight is 380 g/mol. The fraction of sp³-hybridized carbons (Fsp3) is 0.250. The molecule has 1 aromatic carbocycles.